The van der Waals surface area contributed by atoms with Crippen molar-refractivity contribution in [2.24, 2.45) is 0 Å². The molecule has 9 heteroatoms. The average Bonchev–Trinajstić information content (AvgIpc) is 3.27. The lowest BCUT2D eigenvalue weighted by molar-refractivity contribution is 0.415. The SMILES string of the molecule is C=C/C=C(\C(=C)Cl)c1cc2c(o1)c(=O)n(-c1cncc3ccc(OC)cc13)c(=O)n2CCC#N. The predicted molar refractivity (Wildman–Crippen MR) is 131 cm³/mol. The molecule has 170 valence electrons. The van der Waals surface area contributed by atoms with Gasteiger partial charge in [-0.05, 0) is 18.2 Å². The van der Waals surface area contributed by atoms with Crippen LogP contribution in [0, 0.1) is 11.3 Å². The van der Waals surface area contributed by atoms with Crippen LogP contribution >= 0.6 is 11.6 Å². The molecule has 0 bridgehead atoms. The molecule has 0 aliphatic heterocycles. The summed E-state index contributed by atoms with van der Waals surface area (Å²) in [7, 11) is 1.53. The van der Waals surface area contributed by atoms with Crippen LogP contribution < -0.4 is 16.0 Å². The summed E-state index contributed by atoms with van der Waals surface area (Å²) in [6, 6.07) is 8.83. The molecular weight excluding hydrogens is 456 g/mol. The predicted octanol–water partition coefficient (Wildman–Crippen LogP) is 4.54. The van der Waals surface area contributed by atoms with Crippen LogP contribution in [0.2, 0.25) is 0 Å². The van der Waals surface area contributed by atoms with Crippen molar-refractivity contribution in [3.8, 4) is 17.5 Å². The summed E-state index contributed by atoms with van der Waals surface area (Å²) in [6.45, 7) is 7.43. The van der Waals surface area contributed by atoms with Crippen LogP contribution in [-0.2, 0) is 6.54 Å². The Labute approximate surface area is 198 Å². The number of benzene rings is 1. The van der Waals surface area contributed by atoms with E-state index in [0.717, 1.165) is 4.57 Å². The minimum Gasteiger partial charge on any atom is -0.497 e. The van der Waals surface area contributed by atoms with E-state index >= 15 is 0 Å². The summed E-state index contributed by atoms with van der Waals surface area (Å²) in [5.41, 5.74) is -0.448. The van der Waals surface area contributed by atoms with E-state index in [-0.39, 0.29) is 40.5 Å². The molecule has 4 aromatic rings. The largest absolute Gasteiger partial charge is 0.497 e. The summed E-state index contributed by atoms with van der Waals surface area (Å²) in [4.78, 5) is 31.4. The fraction of sp³-hybridized carbons (Fsp3) is 0.120. The maximum atomic E-state index is 13.6. The van der Waals surface area contributed by atoms with Crippen molar-refractivity contribution in [1.29, 1.82) is 5.26 Å². The van der Waals surface area contributed by atoms with Crippen molar-refractivity contribution in [2.75, 3.05) is 7.11 Å². The number of methoxy groups -OCH3 is 1. The lowest BCUT2D eigenvalue weighted by Gasteiger charge is -2.12. The molecule has 3 heterocycles. The Morgan fingerprint density at radius 1 is 1.32 bits per heavy atom. The number of aromatic nitrogens is 3. The van der Waals surface area contributed by atoms with Crippen LogP contribution in [-0.4, -0.2) is 21.2 Å². The van der Waals surface area contributed by atoms with Crippen molar-refractivity contribution in [2.45, 2.75) is 13.0 Å². The molecule has 0 spiro atoms. The van der Waals surface area contributed by atoms with Crippen LogP contribution in [0.4, 0.5) is 0 Å². The number of nitrogens with zero attached hydrogens (tertiary/aromatic N) is 4. The van der Waals surface area contributed by atoms with Gasteiger partial charge in [-0.3, -0.25) is 14.3 Å². The van der Waals surface area contributed by atoms with Crippen molar-refractivity contribution in [3.05, 3.63) is 93.6 Å². The highest BCUT2D eigenvalue weighted by atomic mass is 35.5. The average molecular weight is 475 g/mol. The second kappa shape index (κ2) is 9.25. The number of halogens is 1. The molecule has 0 aliphatic carbocycles. The van der Waals surface area contributed by atoms with Gasteiger partial charge in [0, 0.05) is 40.2 Å². The van der Waals surface area contributed by atoms with E-state index in [1.54, 1.807) is 30.5 Å². The van der Waals surface area contributed by atoms with E-state index in [0.29, 0.717) is 22.1 Å². The fourth-order valence-electron chi connectivity index (χ4n) is 3.73. The van der Waals surface area contributed by atoms with E-state index in [1.807, 2.05) is 6.07 Å². The van der Waals surface area contributed by atoms with Crippen molar-refractivity contribution < 1.29 is 9.15 Å². The first-order chi connectivity index (χ1) is 16.4. The van der Waals surface area contributed by atoms with Crippen LogP contribution in [0.15, 0.2) is 81.0 Å². The third-order valence-electron chi connectivity index (χ3n) is 5.30. The molecule has 0 unspecified atom stereocenters. The Balaban J connectivity index is 2.12. The molecule has 0 aliphatic rings. The van der Waals surface area contributed by atoms with Gasteiger partial charge in [0.15, 0.2) is 0 Å². The molecule has 0 atom stereocenters. The van der Waals surface area contributed by atoms with E-state index in [2.05, 4.69) is 18.1 Å². The summed E-state index contributed by atoms with van der Waals surface area (Å²) < 4.78 is 13.5. The standard InChI is InChI=1S/C25H19ClN4O4/c1-4-6-18(15(2)26)22-12-20-23(34-22)24(31)30(25(32)29(20)10-5-9-27)21-14-28-13-16-7-8-17(33-3)11-19(16)21/h4,6-8,11-14H,1-2,5,10H2,3H3/b18-6+. The smallest absolute Gasteiger partial charge is 0.336 e. The molecule has 1 aromatic carbocycles. The number of hydrogen-bond acceptors (Lipinski definition) is 6. The molecule has 0 saturated heterocycles. The number of nitriles is 1. The van der Waals surface area contributed by atoms with Crippen LogP contribution in [0.1, 0.15) is 12.2 Å². The van der Waals surface area contributed by atoms with Gasteiger partial charge in [0.2, 0.25) is 5.58 Å². The number of allylic oxidation sites excluding steroid dienone is 4. The van der Waals surface area contributed by atoms with E-state index in [4.69, 9.17) is 26.0 Å². The Hall–Kier alpha value is -4.35. The number of furan rings is 1. The molecule has 0 N–H and O–H groups in total. The van der Waals surface area contributed by atoms with Crippen molar-refractivity contribution in [1.82, 2.24) is 14.1 Å². The van der Waals surface area contributed by atoms with Gasteiger partial charge < -0.3 is 9.15 Å². The Morgan fingerprint density at radius 3 is 2.79 bits per heavy atom. The third-order valence-corrected chi connectivity index (χ3v) is 5.50. The highest BCUT2D eigenvalue weighted by Gasteiger charge is 2.22. The van der Waals surface area contributed by atoms with Crippen LogP contribution in [0.3, 0.4) is 0 Å². The second-order valence-electron chi connectivity index (χ2n) is 7.27. The van der Waals surface area contributed by atoms with Gasteiger partial charge >= 0.3 is 11.2 Å². The maximum Gasteiger partial charge on any atom is 0.336 e. The number of ether oxygens (including phenoxy) is 1. The zero-order chi connectivity index (χ0) is 24.4. The number of rotatable bonds is 7. The Bertz CT molecular complexity index is 1650. The summed E-state index contributed by atoms with van der Waals surface area (Å²) in [6.07, 6.45) is 6.20. The number of hydrogen-bond donors (Lipinski definition) is 0. The van der Waals surface area contributed by atoms with Gasteiger partial charge in [-0.25, -0.2) is 9.36 Å². The molecule has 3 aromatic heterocycles. The number of aryl methyl sites for hydroxylation is 1. The quantitative estimate of drug-likeness (QED) is 0.364. The van der Waals surface area contributed by atoms with Crippen molar-refractivity contribution >= 4 is 39.0 Å². The minimum atomic E-state index is -0.672. The lowest BCUT2D eigenvalue weighted by atomic mass is 10.1. The topological polar surface area (TPSA) is 103 Å². The van der Waals surface area contributed by atoms with E-state index in [1.165, 1.54) is 30.0 Å². The van der Waals surface area contributed by atoms with Gasteiger partial charge in [-0.15, -0.1) is 0 Å². The van der Waals surface area contributed by atoms with E-state index < -0.39 is 11.2 Å². The molecule has 4 rings (SSSR count). The van der Waals surface area contributed by atoms with Crippen LogP contribution in [0.5, 0.6) is 5.75 Å². The zero-order valence-corrected chi connectivity index (χ0v) is 19.0. The highest BCUT2D eigenvalue weighted by Crippen LogP contribution is 2.30. The molecule has 0 fully saturated rings. The Morgan fingerprint density at radius 2 is 2.12 bits per heavy atom. The maximum absolute atomic E-state index is 13.6. The number of pyridine rings is 1. The number of fused-ring (bicyclic) bond motifs is 2. The van der Waals surface area contributed by atoms with Crippen LogP contribution in [0.25, 0.3) is 33.1 Å². The lowest BCUT2D eigenvalue weighted by Crippen LogP contribution is -2.38. The molecular formula is C25H19ClN4O4. The van der Waals surface area contributed by atoms with Crippen molar-refractivity contribution in [3.63, 3.8) is 0 Å². The molecule has 8 nitrogen and oxygen atoms in total. The first kappa shape index (κ1) is 22.8. The zero-order valence-electron chi connectivity index (χ0n) is 18.2. The third kappa shape index (κ3) is 3.83. The summed E-state index contributed by atoms with van der Waals surface area (Å²) >= 11 is 6.11. The normalized spacial score (nSPS) is 11.5. The minimum absolute atomic E-state index is 0.0485. The summed E-state index contributed by atoms with van der Waals surface area (Å²) in [5, 5.41) is 10.6. The van der Waals surface area contributed by atoms with E-state index in [9.17, 15) is 9.59 Å². The first-order valence-corrected chi connectivity index (χ1v) is 10.6. The molecule has 0 saturated carbocycles. The molecule has 0 amide bonds. The molecule has 0 radical (unpaired) electrons. The van der Waals surface area contributed by atoms with Gasteiger partial charge in [0.05, 0.1) is 37.0 Å². The second-order valence-corrected chi connectivity index (χ2v) is 7.73. The summed E-state index contributed by atoms with van der Waals surface area (Å²) in [5.74, 6) is 0.798. The van der Waals surface area contributed by atoms with Gasteiger partial charge in [0.1, 0.15) is 11.5 Å². The highest BCUT2D eigenvalue weighted by molar-refractivity contribution is 6.36. The fourth-order valence-corrected chi connectivity index (χ4v) is 3.88. The first-order valence-electron chi connectivity index (χ1n) is 10.2. The Kier molecular flexibility index (Phi) is 6.21. The van der Waals surface area contributed by atoms with Gasteiger partial charge in [-0.2, -0.15) is 5.26 Å². The molecule has 34 heavy (non-hydrogen) atoms. The monoisotopic (exact) mass is 474 g/mol. The van der Waals surface area contributed by atoms with Gasteiger partial charge in [0.25, 0.3) is 0 Å². The van der Waals surface area contributed by atoms with Gasteiger partial charge in [-0.1, -0.05) is 36.9 Å².